The van der Waals surface area contributed by atoms with Gasteiger partial charge in [0.2, 0.25) is 11.0 Å². The van der Waals surface area contributed by atoms with Crippen molar-refractivity contribution in [3.05, 3.63) is 45.8 Å². The molecule has 3 rings (SSSR count). The fraction of sp³-hybridized carbons (Fsp3) is 0.188. The molecule has 25 heavy (non-hydrogen) atoms. The van der Waals surface area contributed by atoms with Gasteiger partial charge in [-0.1, -0.05) is 40.6 Å². The van der Waals surface area contributed by atoms with Crippen LogP contribution in [0.15, 0.2) is 35.7 Å². The minimum absolute atomic E-state index is 0.125. The number of halogens is 2. The third-order valence-electron chi connectivity index (χ3n) is 3.10. The van der Waals surface area contributed by atoms with E-state index in [0.29, 0.717) is 40.4 Å². The van der Waals surface area contributed by atoms with Crippen molar-refractivity contribution in [1.29, 1.82) is 0 Å². The van der Waals surface area contributed by atoms with E-state index >= 15 is 0 Å². The molecule has 0 fully saturated rings. The van der Waals surface area contributed by atoms with Gasteiger partial charge in [-0.2, -0.15) is 0 Å². The van der Waals surface area contributed by atoms with Gasteiger partial charge in [0, 0.05) is 11.4 Å². The van der Waals surface area contributed by atoms with E-state index in [1.807, 2.05) is 17.5 Å². The van der Waals surface area contributed by atoms with Crippen LogP contribution < -0.4 is 10.1 Å². The van der Waals surface area contributed by atoms with Crippen LogP contribution in [0.1, 0.15) is 12.8 Å². The number of aromatic nitrogens is 2. The molecule has 0 aliphatic carbocycles. The molecule has 1 amide bonds. The molecule has 0 aliphatic rings. The van der Waals surface area contributed by atoms with Gasteiger partial charge in [-0.25, -0.2) is 0 Å². The lowest BCUT2D eigenvalue weighted by Crippen LogP contribution is -2.12. The minimum Gasteiger partial charge on any atom is -0.492 e. The van der Waals surface area contributed by atoms with Crippen molar-refractivity contribution in [3.8, 4) is 15.6 Å². The molecule has 0 saturated heterocycles. The summed E-state index contributed by atoms with van der Waals surface area (Å²) >= 11 is 14.8. The van der Waals surface area contributed by atoms with Crippen molar-refractivity contribution in [3.63, 3.8) is 0 Å². The summed E-state index contributed by atoms with van der Waals surface area (Å²) in [6, 6.07) is 8.95. The van der Waals surface area contributed by atoms with Crippen LogP contribution >= 0.6 is 45.9 Å². The molecule has 1 N–H and O–H groups in total. The lowest BCUT2D eigenvalue weighted by Gasteiger charge is -2.07. The number of rotatable bonds is 7. The Morgan fingerprint density at radius 1 is 1.24 bits per heavy atom. The highest BCUT2D eigenvalue weighted by atomic mass is 35.5. The summed E-state index contributed by atoms with van der Waals surface area (Å²) in [5, 5.41) is 15.1. The Balaban J connectivity index is 1.42. The molecule has 0 bridgehead atoms. The van der Waals surface area contributed by atoms with Gasteiger partial charge in [0.25, 0.3) is 0 Å². The van der Waals surface area contributed by atoms with Crippen LogP contribution in [-0.4, -0.2) is 22.7 Å². The Morgan fingerprint density at radius 3 is 2.88 bits per heavy atom. The number of benzene rings is 1. The summed E-state index contributed by atoms with van der Waals surface area (Å²) in [6.45, 7) is 0.380. The van der Waals surface area contributed by atoms with Gasteiger partial charge in [-0.3, -0.25) is 4.79 Å². The SMILES string of the molecule is O=C(CCCOc1ccc(Cl)cc1Cl)Nc1nnc(-c2cccs2)s1. The summed E-state index contributed by atoms with van der Waals surface area (Å²) < 4.78 is 5.55. The van der Waals surface area contributed by atoms with Crippen LogP contribution in [0.3, 0.4) is 0 Å². The Kier molecular flexibility index (Phi) is 6.25. The van der Waals surface area contributed by atoms with Gasteiger partial charge in [0.1, 0.15) is 5.75 Å². The molecule has 0 saturated carbocycles. The molecule has 0 aliphatic heterocycles. The van der Waals surface area contributed by atoms with E-state index in [1.165, 1.54) is 11.3 Å². The highest BCUT2D eigenvalue weighted by molar-refractivity contribution is 7.23. The van der Waals surface area contributed by atoms with Crippen LogP contribution in [0.4, 0.5) is 5.13 Å². The molecule has 0 atom stereocenters. The summed E-state index contributed by atoms with van der Waals surface area (Å²) in [7, 11) is 0. The standard InChI is InChI=1S/C16H13Cl2N3O2S2/c17-10-5-6-12(11(18)9-10)23-7-1-4-14(22)19-16-21-20-15(25-16)13-3-2-8-24-13/h2-3,5-6,8-9H,1,4,7H2,(H,19,21,22). The Bertz CT molecular complexity index is 853. The Labute approximate surface area is 162 Å². The van der Waals surface area contributed by atoms with Crippen molar-refractivity contribution >= 4 is 56.9 Å². The summed E-state index contributed by atoms with van der Waals surface area (Å²) in [4.78, 5) is 13.0. The number of anilines is 1. The lowest BCUT2D eigenvalue weighted by molar-refractivity contribution is -0.116. The number of carbonyl (C=O) groups excluding carboxylic acids is 1. The van der Waals surface area contributed by atoms with Crippen LogP contribution in [-0.2, 0) is 4.79 Å². The second kappa shape index (κ2) is 8.62. The zero-order valence-corrected chi connectivity index (χ0v) is 16.0. The first kappa shape index (κ1) is 18.1. The average Bonchev–Trinajstić information content (AvgIpc) is 3.24. The second-order valence-electron chi connectivity index (χ2n) is 4.96. The highest BCUT2D eigenvalue weighted by Gasteiger charge is 2.10. The molecule has 5 nitrogen and oxygen atoms in total. The zero-order chi connectivity index (χ0) is 17.6. The van der Waals surface area contributed by atoms with Gasteiger partial charge in [0.15, 0.2) is 5.01 Å². The first-order valence-corrected chi connectivity index (χ1v) is 9.82. The summed E-state index contributed by atoms with van der Waals surface area (Å²) in [5.41, 5.74) is 0. The maximum Gasteiger partial charge on any atom is 0.226 e. The van der Waals surface area contributed by atoms with E-state index in [0.717, 1.165) is 9.88 Å². The van der Waals surface area contributed by atoms with Gasteiger partial charge in [0.05, 0.1) is 16.5 Å². The van der Waals surface area contributed by atoms with E-state index in [1.54, 1.807) is 29.5 Å². The van der Waals surface area contributed by atoms with Crippen LogP contribution in [0.5, 0.6) is 5.75 Å². The first-order chi connectivity index (χ1) is 12.1. The van der Waals surface area contributed by atoms with Crippen molar-refractivity contribution in [1.82, 2.24) is 10.2 Å². The predicted molar refractivity (Wildman–Crippen MR) is 103 cm³/mol. The van der Waals surface area contributed by atoms with Gasteiger partial charge in [-0.15, -0.1) is 21.5 Å². The third-order valence-corrected chi connectivity index (χ3v) is 5.51. The Hall–Kier alpha value is -1.67. The number of nitrogens with zero attached hydrogens (tertiary/aromatic N) is 2. The monoisotopic (exact) mass is 413 g/mol. The summed E-state index contributed by atoms with van der Waals surface area (Å²) in [5.74, 6) is 0.427. The van der Waals surface area contributed by atoms with E-state index in [2.05, 4.69) is 15.5 Å². The smallest absolute Gasteiger partial charge is 0.226 e. The minimum atomic E-state index is -0.125. The molecule has 0 unspecified atom stereocenters. The second-order valence-corrected chi connectivity index (χ2v) is 7.73. The van der Waals surface area contributed by atoms with Gasteiger partial charge < -0.3 is 10.1 Å². The molecule has 1 aromatic carbocycles. The third kappa shape index (κ3) is 5.15. The topological polar surface area (TPSA) is 64.1 Å². The number of hydrogen-bond acceptors (Lipinski definition) is 6. The van der Waals surface area contributed by atoms with Crippen molar-refractivity contribution < 1.29 is 9.53 Å². The van der Waals surface area contributed by atoms with Crippen LogP contribution in [0, 0.1) is 0 Å². The molecule has 2 heterocycles. The molecular formula is C16H13Cl2N3O2S2. The number of carbonyl (C=O) groups is 1. The van der Waals surface area contributed by atoms with Crippen LogP contribution in [0.2, 0.25) is 10.0 Å². The maximum atomic E-state index is 12.0. The maximum absolute atomic E-state index is 12.0. The summed E-state index contributed by atoms with van der Waals surface area (Å²) in [6.07, 6.45) is 0.875. The molecule has 0 radical (unpaired) electrons. The largest absolute Gasteiger partial charge is 0.492 e. The first-order valence-electron chi connectivity index (χ1n) is 7.37. The van der Waals surface area contributed by atoms with E-state index in [-0.39, 0.29) is 5.91 Å². The normalized spacial score (nSPS) is 10.6. The molecular weight excluding hydrogens is 401 g/mol. The van der Waals surface area contributed by atoms with Crippen molar-refractivity contribution in [2.24, 2.45) is 0 Å². The number of hydrogen-bond donors (Lipinski definition) is 1. The molecule has 0 spiro atoms. The number of amides is 1. The van der Waals surface area contributed by atoms with Gasteiger partial charge >= 0.3 is 0 Å². The fourth-order valence-electron chi connectivity index (χ4n) is 1.96. The number of thiophene rings is 1. The predicted octanol–water partition coefficient (Wildman–Crippen LogP) is 5.37. The van der Waals surface area contributed by atoms with E-state index in [4.69, 9.17) is 27.9 Å². The Morgan fingerprint density at radius 2 is 2.12 bits per heavy atom. The molecule has 9 heteroatoms. The molecule has 3 aromatic rings. The lowest BCUT2D eigenvalue weighted by atomic mass is 10.3. The molecule has 2 aromatic heterocycles. The van der Waals surface area contributed by atoms with E-state index in [9.17, 15) is 4.79 Å². The van der Waals surface area contributed by atoms with Crippen molar-refractivity contribution in [2.45, 2.75) is 12.8 Å². The fourth-order valence-corrected chi connectivity index (χ4v) is 3.98. The number of nitrogens with one attached hydrogen (secondary N) is 1. The van der Waals surface area contributed by atoms with E-state index < -0.39 is 0 Å². The quantitative estimate of drug-likeness (QED) is 0.528. The average molecular weight is 414 g/mol. The number of ether oxygens (including phenoxy) is 1. The zero-order valence-electron chi connectivity index (χ0n) is 12.9. The molecule has 130 valence electrons. The van der Waals surface area contributed by atoms with Crippen molar-refractivity contribution in [2.75, 3.05) is 11.9 Å². The van der Waals surface area contributed by atoms with Crippen LogP contribution in [0.25, 0.3) is 9.88 Å². The van der Waals surface area contributed by atoms with Gasteiger partial charge in [-0.05, 0) is 36.1 Å². The highest BCUT2D eigenvalue weighted by Crippen LogP contribution is 2.30.